The molecule has 0 unspecified atom stereocenters. The van der Waals surface area contributed by atoms with Crippen molar-refractivity contribution in [1.29, 1.82) is 0 Å². The molecule has 1 aliphatic heterocycles. The van der Waals surface area contributed by atoms with E-state index in [1.54, 1.807) is 0 Å². The quantitative estimate of drug-likeness (QED) is 0.793. The second-order valence-corrected chi connectivity index (χ2v) is 4.81. The van der Waals surface area contributed by atoms with Crippen molar-refractivity contribution >= 4 is 16.8 Å². The molecule has 1 aromatic heterocycles. The highest BCUT2D eigenvalue weighted by atomic mass is 16.4. The molecule has 1 aromatic carbocycles. The maximum absolute atomic E-state index is 11.4. The van der Waals surface area contributed by atoms with E-state index in [1.807, 2.05) is 6.92 Å². The monoisotopic (exact) mass is 247 g/mol. The number of benzene rings is 1. The molecule has 5 nitrogen and oxygen atoms in total. The molecule has 3 rings (SSSR count). The van der Waals surface area contributed by atoms with Crippen molar-refractivity contribution in [1.82, 2.24) is 10.3 Å². The van der Waals surface area contributed by atoms with E-state index >= 15 is 0 Å². The van der Waals surface area contributed by atoms with Crippen LogP contribution < -0.4 is 16.0 Å². The number of nitrogens with zero attached hydrogens (tertiary/aromatic N) is 1. The molecule has 0 bridgehead atoms. The van der Waals surface area contributed by atoms with Crippen LogP contribution in [-0.4, -0.2) is 31.2 Å². The Bertz CT molecular complexity index is 635. The van der Waals surface area contributed by atoms with Crippen LogP contribution in [0.25, 0.3) is 11.1 Å². The predicted molar refractivity (Wildman–Crippen MR) is 71.4 cm³/mol. The van der Waals surface area contributed by atoms with Gasteiger partial charge >= 0.3 is 5.76 Å². The van der Waals surface area contributed by atoms with Gasteiger partial charge in [-0.3, -0.25) is 4.98 Å². The molecule has 0 radical (unpaired) electrons. The van der Waals surface area contributed by atoms with Crippen molar-refractivity contribution in [2.24, 2.45) is 0 Å². The number of H-pyrrole nitrogens is 1. The highest BCUT2D eigenvalue weighted by molar-refractivity contribution is 5.91. The Hall–Kier alpha value is -1.75. The lowest BCUT2D eigenvalue weighted by molar-refractivity contribution is 0.547. The fourth-order valence-electron chi connectivity index (χ4n) is 2.70. The number of fused-ring (bicyclic) bond motifs is 1. The first kappa shape index (κ1) is 11.3. The number of hydrogen-bond acceptors (Lipinski definition) is 4. The minimum absolute atomic E-state index is 0.380. The molecule has 2 aromatic rings. The molecule has 2 heterocycles. The van der Waals surface area contributed by atoms with Crippen LogP contribution in [0.3, 0.4) is 0 Å². The van der Waals surface area contributed by atoms with Gasteiger partial charge in [0.15, 0.2) is 5.58 Å². The molecular formula is C13H17N3O2. The number of aromatic nitrogens is 1. The maximum atomic E-state index is 11.4. The van der Waals surface area contributed by atoms with Gasteiger partial charge in [-0.25, -0.2) is 4.79 Å². The first-order chi connectivity index (χ1) is 8.66. The standard InChI is InChI=1S/C13H17N3O2/c1-8-7-9(2)11(16-5-3-14-4-6-16)12-10(8)15-13(17)18-12/h7,14H,3-6H2,1-2H3,(H,15,17). The molecule has 1 saturated heterocycles. The zero-order chi connectivity index (χ0) is 12.7. The Morgan fingerprint density at radius 1 is 1.22 bits per heavy atom. The van der Waals surface area contributed by atoms with E-state index < -0.39 is 0 Å². The Balaban J connectivity index is 2.23. The molecule has 1 fully saturated rings. The maximum Gasteiger partial charge on any atom is 0.417 e. The lowest BCUT2D eigenvalue weighted by Crippen LogP contribution is -2.43. The number of anilines is 1. The molecule has 0 amide bonds. The highest BCUT2D eigenvalue weighted by Gasteiger charge is 2.19. The second kappa shape index (κ2) is 4.17. The molecule has 0 saturated carbocycles. The number of nitrogens with one attached hydrogen (secondary N) is 2. The molecule has 0 spiro atoms. The molecule has 96 valence electrons. The Morgan fingerprint density at radius 3 is 2.67 bits per heavy atom. The number of rotatable bonds is 1. The lowest BCUT2D eigenvalue weighted by Gasteiger charge is -2.30. The topological polar surface area (TPSA) is 61.3 Å². The summed E-state index contributed by atoms with van der Waals surface area (Å²) in [5, 5.41) is 3.33. The smallest absolute Gasteiger partial charge is 0.406 e. The van der Waals surface area contributed by atoms with Gasteiger partial charge in [0.05, 0.1) is 11.2 Å². The van der Waals surface area contributed by atoms with E-state index in [-0.39, 0.29) is 5.76 Å². The van der Waals surface area contributed by atoms with Crippen LogP contribution >= 0.6 is 0 Å². The Labute approximate surface area is 105 Å². The van der Waals surface area contributed by atoms with Crippen molar-refractivity contribution in [2.75, 3.05) is 31.1 Å². The lowest BCUT2D eigenvalue weighted by atomic mass is 10.1. The van der Waals surface area contributed by atoms with Gasteiger partial charge in [0, 0.05) is 26.2 Å². The van der Waals surface area contributed by atoms with E-state index in [4.69, 9.17) is 4.42 Å². The molecular weight excluding hydrogens is 230 g/mol. The zero-order valence-corrected chi connectivity index (χ0v) is 10.7. The number of piperazine rings is 1. The number of hydrogen-bond donors (Lipinski definition) is 2. The Morgan fingerprint density at radius 2 is 1.94 bits per heavy atom. The summed E-state index contributed by atoms with van der Waals surface area (Å²) in [5.74, 6) is -0.380. The summed E-state index contributed by atoms with van der Waals surface area (Å²) in [5.41, 5.74) is 4.77. The zero-order valence-electron chi connectivity index (χ0n) is 10.7. The Kier molecular flexibility index (Phi) is 2.63. The molecule has 0 atom stereocenters. The van der Waals surface area contributed by atoms with Gasteiger partial charge in [-0.1, -0.05) is 6.07 Å². The number of oxazole rings is 1. The predicted octanol–water partition coefficient (Wildman–Crippen LogP) is 1.15. The summed E-state index contributed by atoms with van der Waals surface area (Å²) in [6.45, 7) is 7.86. The summed E-state index contributed by atoms with van der Waals surface area (Å²) in [6.07, 6.45) is 0. The summed E-state index contributed by atoms with van der Waals surface area (Å²) in [6, 6.07) is 2.10. The first-order valence-corrected chi connectivity index (χ1v) is 6.25. The van der Waals surface area contributed by atoms with E-state index in [0.29, 0.717) is 5.58 Å². The van der Waals surface area contributed by atoms with E-state index in [1.165, 1.54) is 0 Å². The fraction of sp³-hybridized carbons (Fsp3) is 0.462. The van der Waals surface area contributed by atoms with Crippen molar-refractivity contribution in [3.8, 4) is 0 Å². The van der Waals surface area contributed by atoms with E-state index in [0.717, 1.165) is 48.5 Å². The van der Waals surface area contributed by atoms with Gasteiger partial charge < -0.3 is 14.6 Å². The second-order valence-electron chi connectivity index (χ2n) is 4.81. The van der Waals surface area contributed by atoms with Crippen LogP contribution in [0.15, 0.2) is 15.3 Å². The van der Waals surface area contributed by atoms with Gasteiger partial charge in [0.25, 0.3) is 0 Å². The fourth-order valence-corrected chi connectivity index (χ4v) is 2.70. The van der Waals surface area contributed by atoms with Gasteiger partial charge in [0.1, 0.15) is 0 Å². The van der Waals surface area contributed by atoms with Crippen LogP contribution in [-0.2, 0) is 0 Å². The molecule has 18 heavy (non-hydrogen) atoms. The molecule has 0 aliphatic carbocycles. The SMILES string of the molecule is Cc1cc(C)c2[nH]c(=O)oc2c1N1CCNCC1. The van der Waals surface area contributed by atoms with Crippen LogP contribution in [0, 0.1) is 13.8 Å². The minimum atomic E-state index is -0.380. The van der Waals surface area contributed by atoms with Crippen LogP contribution in [0.2, 0.25) is 0 Å². The summed E-state index contributed by atoms with van der Waals surface area (Å²) in [7, 11) is 0. The van der Waals surface area contributed by atoms with Crippen LogP contribution in [0.1, 0.15) is 11.1 Å². The van der Waals surface area contributed by atoms with Crippen LogP contribution in [0.4, 0.5) is 5.69 Å². The third-order valence-electron chi connectivity index (χ3n) is 3.50. The van der Waals surface area contributed by atoms with Crippen LogP contribution in [0.5, 0.6) is 0 Å². The largest absolute Gasteiger partial charge is 0.417 e. The van der Waals surface area contributed by atoms with Crippen molar-refractivity contribution in [3.05, 3.63) is 27.7 Å². The molecule has 2 N–H and O–H groups in total. The van der Waals surface area contributed by atoms with E-state index in [9.17, 15) is 4.79 Å². The van der Waals surface area contributed by atoms with Crippen molar-refractivity contribution in [2.45, 2.75) is 13.8 Å². The third-order valence-corrected chi connectivity index (χ3v) is 3.50. The minimum Gasteiger partial charge on any atom is -0.406 e. The third kappa shape index (κ3) is 1.71. The van der Waals surface area contributed by atoms with Gasteiger partial charge in [-0.15, -0.1) is 0 Å². The summed E-state index contributed by atoms with van der Waals surface area (Å²) < 4.78 is 5.34. The average Bonchev–Trinajstić information content (AvgIpc) is 2.72. The van der Waals surface area contributed by atoms with Crippen molar-refractivity contribution in [3.63, 3.8) is 0 Å². The molecule has 1 aliphatic rings. The summed E-state index contributed by atoms with van der Waals surface area (Å²) >= 11 is 0. The normalized spacial score (nSPS) is 16.4. The number of aromatic amines is 1. The van der Waals surface area contributed by atoms with Gasteiger partial charge in [-0.05, 0) is 25.0 Å². The highest BCUT2D eigenvalue weighted by Crippen LogP contribution is 2.31. The van der Waals surface area contributed by atoms with E-state index in [2.05, 4.69) is 28.2 Å². The van der Waals surface area contributed by atoms with Gasteiger partial charge in [0.2, 0.25) is 0 Å². The van der Waals surface area contributed by atoms with Crippen molar-refractivity contribution < 1.29 is 4.42 Å². The summed E-state index contributed by atoms with van der Waals surface area (Å²) in [4.78, 5) is 16.5. The first-order valence-electron chi connectivity index (χ1n) is 6.25. The molecule has 5 heteroatoms. The average molecular weight is 247 g/mol. The number of aryl methyl sites for hydroxylation is 2. The van der Waals surface area contributed by atoms with Gasteiger partial charge in [-0.2, -0.15) is 0 Å².